The molecule has 2 aromatic rings. The first-order valence-corrected chi connectivity index (χ1v) is 7.18. The second-order valence-electron chi connectivity index (χ2n) is 5.43. The molecule has 2 atom stereocenters. The maximum Gasteiger partial charge on any atom is 0.0408 e. The molecule has 2 aromatic carbocycles. The molecule has 2 N–H and O–H groups in total. The molecular formula is C17H18ClN. The molecule has 0 aromatic heterocycles. The average Bonchev–Trinajstić information content (AvgIpc) is 2.36. The normalized spacial score (nSPS) is 18.5. The van der Waals surface area contributed by atoms with E-state index in [-0.39, 0.29) is 6.04 Å². The van der Waals surface area contributed by atoms with E-state index in [1.807, 2.05) is 18.2 Å². The van der Waals surface area contributed by atoms with E-state index >= 15 is 0 Å². The molecule has 0 radical (unpaired) electrons. The summed E-state index contributed by atoms with van der Waals surface area (Å²) < 4.78 is 0. The maximum atomic E-state index is 6.28. The van der Waals surface area contributed by atoms with Crippen molar-refractivity contribution >= 4 is 11.6 Å². The van der Waals surface area contributed by atoms with E-state index in [9.17, 15) is 0 Å². The first-order valence-electron chi connectivity index (χ1n) is 6.80. The lowest BCUT2D eigenvalue weighted by Gasteiger charge is -2.32. The highest BCUT2D eigenvalue weighted by Gasteiger charge is 2.26. The van der Waals surface area contributed by atoms with Crippen LogP contribution < -0.4 is 5.73 Å². The van der Waals surface area contributed by atoms with Crippen LogP contribution in [0.25, 0.3) is 0 Å². The average molecular weight is 272 g/mol. The molecule has 2 unspecified atom stereocenters. The predicted octanol–water partition coefficient (Wildman–Crippen LogP) is 3.94. The number of hydrogen-bond donors (Lipinski definition) is 1. The number of fused-ring (bicyclic) bond motifs is 1. The van der Waals surface area contributed by atoms with Crippen molar-refractivity contribution in [3.05, 3.63) is 70.2 Å². The van der Waals surface area contributed by atoms with Crippen LogP contribution in [0.15, 0.2) is 48.5 Å². The summed E-state index contributed by atoms with van der Waals surface area (Å²) in [6, 6.07) is 16.9. The third kappa shape index (κ3) is 2.83. The van der Waals surface area contributed by atoms with E-state index in [0.29, 0.717) is 5.92 Å². The summed E-state index contributed by atoms with van der Waals surface area (Å²) in [6.45, 7) is 0. The summed E-state index contributed by atoms with van der Waals surface area (Å²) in [7, 11) is 0. The van der Waals surface area contributed by atoms with Gasteiger partial charge in [-0.3, -0.25) is 0 Å². The van der Waals surface area contributed by atoms with E-state index in [4.69, 9.17) is 17.3 Å². The minimum absolute atomic E-state index is 0.205. The first-order chi connectivity index (χ1) is 9.22. The monoisotopic (exact) mass is 271 g/mol. The van der Waals surface area contributed by atoms with Crippen molar-refractivity contribution in [3.8, 4) is 0 Å². The fourth-order valence-electron chi connectivity index (χ4n) is 2.99. The molecule has 0 amide bonds. The quantitative estimate of drug-likeness (QED) is 0.896. The lowest BCUT2D eigenvalue weighted by atomic mass is 9.74. The summed E-state index contributed by atoms with van der Waals surface area (Å²) in [6.07, 6.45) is 3.14. The SMILES string of the molecule is NC(Cc1cccc(Cl)c1)CC1Cc2ccccc21. The van der Waals surface area contributed by atoms with E-state index in [0.717, 1.165) is 17.9 Å². The van der Waals surface area contributed by atoms with Crippen LogP contribution in [0.2, 0.25) is 5.02 Å². The van der Waals surface area contributed by atoms with Gasteiger partial charge in [-0.05, 0) is 54.0 Å². The van der Waals surface area contributed by atoms with Gasteiger partial charge in [0.1, 0.15) is 0 Å². The highest BCUT2D eigenvalue weighted by atomic mass is 35.5. The Hall–Kier alpha value is -1.31. The largest absolute Gasteiger partial charge is 0.327 e. The number of benzene rings is 2. The molecule has 1 aliphatic carbocycles. The van der Waals surface area contributed by atoms with E-state index in [2.05, 4.69) is 30.3 Å². The Morgan fingerprint density at radius 2 is 2.00 bits per heavy atom. The Labute approximate surface area is 119 Å². The lowest BCUT2D eigenvalue weighted by Crippen LogP contribution is -2.29. The van der Waals surface area contributed by atoms with Crippen molar-refractivity contribution in [2.45, 2.75) is 31.2 Å². The van der Waals surface area contributed by atoms with Crippen molar-refractivity contribution in [3.63, 3.8) is 0 Å². The number of nitrogens with two attached hydrogens (primary N) is 1. The molecule has 98 valence electrons. The molecule has 0 aliphatic heterocycles. The summed E-state index contributed by atoms with van der Waals surface area (Å²) in [5.41, 5.74) is 10.5. The Kier molecular flexibility index (Phi) is 3.58. The van der Waals surface area contributed by atoms with Crippen LogP contribution in [0.1, 0.15) is 29.0 Å². The molecule has 19 heavy (non-hydrogen) atoms. The Bertz CT molecular complexity index is 579. The zero-order chi connectivity index (χ0) is 13.2. The molecule has 3 rings (SSSR count). The van der Waals surface area contributed by atoms with Gasteiger partial charge in [0, 0.05) is 11.1 Å². The van der Waals surface area contributed by atoms with Crippen molar-refractivity contribution < 1.29 is 0 Å². The van der Waals surface area contributed by atoms with Gasteiger partial charge in [-0.1, -0.05) is 48.0 Å². The molecule has 0 fully saturated rings. The summed E-state index contributed by atoms with van der Waals surface area (Å²) in [5.74, 6) is 0.644. The number of halogens is 1. The standard InChI is InChI=1S/C17H18ClN/c18-15-6-3-4-12(8-15)9-16(19)11-14-10-13-5-1-2-7-17(13)14/h1-8,14,16H,9-11,19H2. The van der Waals surface area contributed by atoms with Crippen LogP contribution in [0.4, 0.5) is 0 Å². The third-order valence-electron chi connectivity index (χ3n) is 3.94. The molecule has 1 nitrogen and oxygen atoms in total. The van der Waals surface area contributed by atoms with Gasteiger partial charge in [0.05, 0.1) is 0 Å². The van der Waals surface area contributed by atoms with E-state index in [1.54, 1.807) is 0 Å². The van der Waals surface area contributed by atoms with Crippen LogP contribution >= 0.6 is 11.6 Å². The Morgan fingerprint density at radius 3 is 2.79 bits per heavy atom. The van der Waals surface area contributed by atoms with Gasteiger partial charge in [0.15, 0.2) is 0 Å². The van der Waals surface area contributed by atoms with Crippen LogP contribution in [-0.4, -0.2) is 6.04 Å². The van der Waals surface area contributed by atoms with Gasteiger partial charge in [-0.15, -0.1) is 0 Å². The van der Waals surface area contributed by atoms with Crippen LogP contribution in [-0.2, 0) is 12.8 Å². The van der Waals surface area contributed by atoms with Crippen molar-refractivity contribution in [1.82, 2.24) is 0 Å². The molecule has 2 heteroatoms. The first kappa shape index (κ1) is 12.7. The van der Waals surface area contributed by atoms with Gasteiger partial charge < -0.3 is 5.73 Å². The molecular weight excluding hydrogens is 254 g/mol. The highest BCUT2D eigenvalue weighted by molar-refractivity contribution is 6.30. The second kappa shape index (κ2) is 5.36. The van der Waals surface area contributed by atoms with Crippen LogP contribution in [0.3, 0.4) is 0 Å². The Morgan fingerprint density at radius 1 is 1.16 bits per heavy atom. The van der Waals surface area contributed by atoms with Gasteiger partial charge >= 0.3 is 0 Å². The molecule has 0 saturated heterocycles. The summed E-state index contributed by atoms with van der Waals surface area (Å²) >= 11 is 6.00. The summed E-state index contributed by atoms with van der Waals surface area (Å²) in [4.78, 5) is 0. The van der Waals surface area contributed by atoms with Crippen molar-refractivity contribution in [2.24, 2.45) is 5.73 Å². The van der Waals surface area contributed by atoms with Gasteiger partial charge in [-0.2, -0.15) is 0 Å². The molecule has 0 saturated carbocycles. The minimum Gasteiger partial charge on any atom is -0.327 e. The van der Waals surface area contributed by atoms with Crippen molar-refractivity contribution in [2.75, 3.05) is 0 Å². The zero-order valence-electron chi connectivity index (χ0n) is 10.9. The van der Waals surface area contributed by atoms with Crippen LogP contribution in [0.5, 0.6) is 0 Å². The number of rotatable bonds is 4. The van der Waals surface area contributed by atoms with Crippen LogP contribution in [0, 0.1) is 0 Å². The fourth-order valence-corrected chi connectivity index (χ4v) is 3.20. The van der Waals surface area contributed by atoms with Gasteiger partial charge in [0.2, 0.25) is 0 Å². The molecule has 0 spiro atoms. The fraction of sp³-hybridized carbons (Fsp3) is 0.294. The zero-order valence-corrected chi connectivity index (χ0v) is 11.6. The lowest BCUT2D eigenvalue weighted by molar-refractivity contribution is 0.485. The number of hydrogen-bond acceptors (Lipinski definition) is 1. The maximum absolute atomic E-state index is 6.28. The van der Waals surface area contributed by atoms with Gasteiger partial charge in [-0.25, -0.2) is 0 Å². The minimum atomic E-state index is 0.205. The Balaban J connectivity index is 1.60. The smallest absolute Gasteiger partial charge is 0.0408 e. The topological polar surface area (TPSA) is 26.0 Å². The molecule has 0 heterocycles. The highest BCUT2D eigenvalue weighted by Crippen LogP contribution is 2.38. The summed E-state index contributed by atoms with van der Waals surface area (Å²) in [5, 5.41) is 0.790. The van der Waals surface area contributed by atoms with E-state index in [1.165, 1.54) is 23.1 Å². The van der Waals surface area contributed by atoms with Gasteiger partial charge in [0.25, 0.3) is 0 Å². The second-order valence-corrected chi connectivity index (χ2v) is 5.87. The molecule has 0 bridgehead atoms. The molecule has 1 aliphatic rings. The third-order valence-corrected chi connectivity index (χ3v) is 4.17. The van der Waals surface area contributed by atoms with E-state index < -0.39 is 0 Å². The van der Waals surface area contributed by atoms with Crippen molar-refractivity contribution in [1.29, 1.82) is 0 Å². The predicted molar refractivity (Wildman–Crippen MR) is 80.6 cm³/mol.